The van der Waals surface area contributed by atoms with Crippen molar-refractivity contribution in [3.05, 3.63) is 35.7 Å². The van der Waals surface area contributed by atoms with E-state index in [-0.39, 0.29) is 0 Å². The first-order valence-electron chi connectivity index (χ1n) is 6.02. The zero-order valence-corrected chi connectivity index (χ0v) is 10.7. The zero-order valence-electron chi connectivity index (χ0n) is 10.7. The van der Waals surface area contributed by atoms with Crippen molar-refractivity contribution >= 4 is 5.69 Å². The smallest absolute Gasteiger partial charge is 0.0672 e. The summed E-state index contributed by atoms with van der Waals surface area (Å²) in [6.45, 7) is 7.26. The maximum atomic E-state index is 5.85. The molecule has 1 aromatic heterocycles. The van der Waals surface area contributed by atoms with E-state index in [0.717, 1.165) is 24.3 Å². The van der Waals surface area contributed by atoms with Crippen molar-refractivity contribution in [2.75, 3.05) is 5.73 Å². The first-order chi connectivity index (χ1) is 8.11. The minimum Gasteiger partial charge on any atom is -0.399 e. The Kier molecular flexibility index (Phi) is 3.18. The lowest BCUT2D eigenvalue weighted by atomic mass is 10.0. The van der Waals surface area contributed by atoms with Gasteiger partial charge in [-0.3, -0.25) is 4.68 Å². The molecule has 1 aromatic carbocycles. The van der Waals surface area contributed by atoms with E-state index in [4.69, 9.17) is 5.73 Å². The number of nitrogens with two attached hydrogens (primary N) is 1. The summed E-state index contributed by atoms with van der Waals surface area (Å²) in [5.74, 6) is 0. The average Bonchev–Trinajstić information content (AvgIpc) is 2.64. The second kappa shape index (κ2) is 4.62. The molecule has 90 valence electrons. The lowest BCUT2D eigenvalue weighted by molar-refractivity contribution is 0.598. The summed E-state index contributed by atoms with van der Waals surface area (Å²) in [5.41, 5.74) is 11.3. The van der Waals surface area contributed by atoms with Gasteiger partial charge in [-0.05, 0) is 43.5 Å². The standard InChI is InChI=1S/C14H19N3/c1-4-7-17-9-14(11(3)16-17)13-8-12(15)6-5-10(13)2/h5-6,8-9H,4,7,15H2,1-3H3. The lowest BCUT2D eigenvalue weighted by Crippen LogP contribution is -1.96. The minimum absolute atomic E-state index is 0.799. The molecule has 2 aromatic rings. The molecule has 3 nitrogen and oxygen atoms in total. The van der Waals surface area contributed by atoms with Crippen LogP contribution in [0.3, 0.4) is 0 Å². The van der Waals surface area contributed by atoms with E-state index < -0.39 is 0 Å². The molecule has 0 fully saturated rings. The van der Waals surface area contributed by atoms with E-state index in [0.29, 0.717) is 0 Å². The van der Waals surface area contributed by atoms with Crippen LogP contribution in [0.1, 0.15) is 24.6 Å². The van der Waals surface area contributed by atoms with Crippen LogP contribution in [0.5, 0.6) is 0 Å². The molecule has 0 atom stereocenters. The van der Waals surface area contributed by atoms with Gasteiger partial charge >= 0.3 is 0 Å². The van der Waals surface area contributed by atoms with E-state index in [1.807, 2.05) is 23.7 Å². The van der Waals surface area contributed by atoms with Gasteiger partial charge in [-0.1, -0.05) is 13.0 Å². The molecular weight excluding hydrogens is 210 g/mol. The monoisotopic (exact) mass is 229 g/mol. The average molecular weight is 229 g/mol. The summed E-state index contributed by atoms with van der Waals surface area (Å²) >= 11 is 0. The fraction of sp³-hybridized carbons (Fsp3) is 0.357. The molecule has 0 unspecified atom stereocenters. The molecular formula is C14H19N3. The largest absolute Gasteiger partial charge is 0.399 e. The van der Waals surface area contributed by atoms with Crippen molar-refractivity contribution in [2.45, 2.75) is 33.7 Å². The van der Waals surface area contributed by atoms with Crippen LogP contribution in [0.2, 0.25) is 0 Å². The molecule has 0 bridgehead atoms. The molecule has 17 heavy (non-hydrogen) atoms. The predicted octanol–water partition coefficient (Wildman–Crippen LogP) is 3.16. The van der Waals surface area contributed by atoms with Crippen molar-refractivity contribution < 1.29 is 0 Å². The van der Waals surface area contributed by atoms with Gasteiger partial charge in [-0.15, -0.1) is 0 Å². The van der Waals surface area contributed by atoms with Gasteiger partial charge in [0.2, 0.25) is 0 Å². The molecule has 2 rings (SSSR count). The maximum Gasteiger partial charge on any atom is 0.0672 e. The molecule has 0 saturated heterocycles. The fourth-order valence-electron chi connectivity index (χ4n) is 2.06. The van der Waals surface area contributed by atoms with E-state index in [2.05, 4.69) is 31.2 Å². The van der Waals surface area contributed by atoms with Crippen molar-refractivity contribution in [3.63, 3.8) is 0 Å². The summed E-state index contributed by atoms with van der Waals surface area (Å²) in [6.07, 6.45) is 3.21. The van der Waals surface area contributed by atoms with Crippen LogP contribution in [-0.2, 0) is 6.54 Å². The van der Waals surface area contributed by atoms with E-state index in [1.165, 1.54) is 16.7 Å². The van der Waals surface area contributed by atoms with Crippen molar-refractivity contribution in [3.8, 4) is 11.1 Å². The van der Waals surface area contributed by atoms with Crippen LogP contribution in [0, 0.1) is 13.8 Å². The SMILES string of the molecule is CCCn1cc(-c2cc(N)ccc2C)c(C)n1. The van der Waals surface area contributed by atoms with Crippen molar-refractivity contribution in [1.29, 1.82) is 0 Å². The van der Waals surface area contributed by atoms with E-state index in [1.54, 1.807) is 0 Å². The number of benzene rings is 1. The predicted molar refractivity (Wildman–Crippen MR) is 71.8 cm³/mol. The Labute approximate surface area is 102 Å². The van der Waals surface area contributed by atoms with Gasteiger partial charge in [0, 0.05) is 24.0 Å². The van der Waals surface area contributed by atoms with Gasteiger partial charge in [0.15, 0.2) is 0 Å². The quantitative estimate of drug-likeness (QED) is 0.822. The molecule has 0 aliphatic carbocycles. The zero-order chi connectivity index (χ0) is 12.4. The van der Waals surface area contributed by atoms with Gasteiger partial charge in [-0.25, -0.2) is 0 Å². The number of aryl methyl sites for hydroxylation is 3. The van der Waals surface area contributed by atoms with Gasteiger partial charge in [0.1, 0.15) is 0 Å². The third-order valence-electron chi connectivity index (χ3n) is 2.95. The second-order valence-corrected chi connectivity index (χ2v) is 4.47. The minimum atomic E-state index is 0.799. The molecule has 0 spiro atoms. The van der Waals surface area contributed by atoms with Gasteiger partial charge in [-0.2, -0.15) is 5.10 Å². The van der Waals surface area contributed by atoms with Crippen LogP contribution in [-0.4, -0.2) is 9.78 Å². The van der Waals surface area contributed by atoms with E-state index >= 15 is 0 Å². The molecule has 2 N–H and O–H groups in total. The molecule has 0 radical (unpaired) electrons. The lowest BCUT2D eigenvalue weighted by Gasteiger charge is -2.05. The highest BCUT2D eigenvalue weighted by molar-refractivity contribution is 5.72. The summed E-state index contributed by atoms with van der Waals surface area (Å²) < 4.78 is 2.01. The Morgan fingerprint density at radius 1 is 1.24 bits per heavy atom. The molecule has 0 aliphatic heterocycles. The van der Waals surface area contributed by atoms with Gasteiger partial charge < -0.3 is 5.73 Å². The highest BCUT2D eigenvalue weighted by atomic mass is 15.3. The van der Waals surface area contributed by atoms with Crippen LogP contribution in [0.25, 0.3) is 11.1 Å². The van der Waals surface area contributed by atoms with Crippen LogP contribution < -0.4 is 5.73 Å². The first-order valence-corrected chi connectivity index (χ1v) is 6.02. The highest BCUT2D eigenvalue weighted by Crippen LogP contribution is 2.27. The highest BCUT2D eigenvalue weighted by Gasteiger charge is 2.09. The molecule has 0 aliphatic rings. The Morgan fingerprint density at radius 2 is 2.00 bits per heavy atom. The maximum absolute atomic E-state index is 5.85. The summed E-state index contributed by atoms with van der Waals surface area (Å²) in [5, 5.41) is 4.52. The fourth-order valence-corrected chi connectivity index (χ4v) is 2.06. The molecule has 0 amide bonds. The van der Waals surface area contributed by atoms with Crippen molar-refractivity contribution in [1.82, 2.24) is 9.78 Å². The number of nitrogens with zero attached hydrogens (tertiary/aromatic N) is 2. The number of nitrogen functional groups attached to an aromatic ring is 1. The number of anilines is 1. The van der Waals surface area contributed by atoms with Crippen LogP contribution >= 0.6 is 0 Å². The normalized spacial score (nSPS) is 10.8. The second-order valence-electron chi connectivity index (χ2n) is 4.47. The van der Waals surface area contributed by atoms with Gasteiger partial charge in [0.05, 0.1) is 5.69 Å². The molecule has 3 heteroatoms. The van der Waals surface area contributed by atoms with Crippen LogP contribution in [0.15, 0.2) is 24.4 Å². The summed E-state index contributed by atoms with van der Waals surface area (Å²) in [7, 11) is 0. The Balaban J connectivity index is 2.48. The Morgan fingerprint density at radius 3 is 2.71 bits per heavy atom. The summed E-state index contributed by atoms with van der Waals surface area (Å²) in [4.78, 5) is 0. The van der Waals surface area contributed by atoms with Gasteiger partial charge in [0.25, 0.3) is 0 Å². The third kappa shape index (κ3) is 2.33. The Bertz CT molecular complexity index is 526. The number of rotatable bonds is 3. The molecule has 1 heterocycles. The number of hydrogen-bond acceptors (Lipinski definition) is 2. The first kappa shape index (κ1) is 11.7. The van der Waals surface area contributed by atoms with E-state index in [9.17, 15) is 0 Å². The topological polar surface area (TPSA) is 43.8 Å². The number of aromatic nitrogens is 2. The molecule has 0 saturated carbocycles. The summed E-state index contributed by atoms with van der Waals surface area (Å²) in [6, 6.07) is 6.02. The Hall–Kier alpha value is -1.77. The van der Waals surface area contributed by atoms with Crippen LogP contribution in [0.4, 0.5) is 5.69 Å². The number of hydrogen-bond donors (Lipinski definition) is 1. The third-order valence-corrected chi connectivity index (χ3v) is 2.95. The van der Waals surface area contributed by atoms with Crippen molar-refractivity contribution in [2.24, 2.45) is 0 Å².